The van der Waals surface area contributed by atoms with E-state index >= 15 is 0 Å². The Hall–Kier alpha value is -1.88. The summed E-state index contributed by atoms with van der Waals surface area (Å²) in [5, 5.41) is 0. The van der Waals surface area contributed by atoms with Crippen LogP contribution in [0.1, 0.15) is 11.1 Å². The molecule has 0 radical (unpaired) electrons. The summed E-state index contributed by atoms with van der Waals surface area (Å²) in [4.78, 5) is 25.6. The van der Waals surface area contributed by atoms with E-state index in [2.05, 4.69) is 0 Å². The molecule has 1 aliphatic heterocycles. The van der Waals surface area contributed by atoms with Crippen molar-refractivity contribution in [2.75, 3.05) is 26.9 Å². The molecule has 1 atom stereocenters. The molecule has 5 nitrogen and oxygen atoms in total. The number of morpholine rings is 1. The molecule has 0 spiro atoms. The molecule has 20 heavy (non-hydrogen) atoms. The van der Waals surface area contributed by atoms with Crippen LogP contribution in [0.2, 0.25) is 0 Å². The standard InChI is InChI=1S/C15H19NO4/c1-11-4-3-5-12(8-11)9-14(17)16-6-7-20-10-13(16)15(18)19-2/h3-5,8,13H,6-7,9-10H2,1-2H3. The first-order valence-corrected chi connectivity index (χ1v) is 6.62. The summed E-state index contributed by atoms with van der Waals surface area (Å²) in [5.41, 5.74) is 2.06. The highest BCUT2D eigenvalue weighted by Gasteiger charge is 2.33. The summed E-state index contributed by atoms with van der Waals surface area (Å²) < 4.78 is 9.99. The number of aryl methyl sites for hydroxylation is 1. The van der Waals surface area contributed by atoms with Gasteiger partial charge in [-0.25, -0.2) is 4.79 Å². The molecule has 1 aromatic carbocycles. The molecule has 5 heteroatoms. The Labute approximate surface area is 118 Å². The van der Waals surface area contributed by atoms with Crippen LogP contribution in [0.15, 0.2) is 24.3 Å². The van der Waals surface area contributed by atoms with E-state index in [-0.39, 0.29) is 18.9 Å². The molecule has 1 unspecified atom stereocenters. The van der Waals surface area contributed by atoms with Gasteiger partial charge in [0, 0.05) is 6.54 Å². The highest BCUT2D eigenvalue weighted by atomic mass is 16.5. The zero-order valence-corrected chi connectivity index (χ0v) is 11.8. The first-order chi connectivity index (χ1) is 9.61. The van der Waals surface area contributed by atoms with E-state index in [0.29, 0.717) is 13.2 Å². The molecule has 0 bridgehead atoms. The molecule has 1 aliphatic rings. The van der Waals surface area contributed by atoms with Crippen molar-refractivity contribution in [1.29, 1.82) is 0 Å². The summed E-state index contributed by atoms with van der Waals surface area (Å²) >= 11 is 0. The molecule has 0 N–H and O–H groups in total. The molecule has 1 amide bonds. The van der Waals surface area contributed by atoms with Crippen LogP contribution in [0, 0.1) is 6.92 Å². The van der Waals surface area contributed by atoms with Gasteiger partial charge in [0.1, 0.15) is 0 Å². The second-order valence-electron chi connectivity index (χ2n) is 4.87. The van der Waals surface area contributed by atoms with E-state index in [1.165, 1.54) is 7.11 Å². The number of rotatable bonds is 3. The van der Waals surface area contributed by atoms with Crippen molar-refractivity contribution >= 4 is 11.9 Å². The zero-order chi connectivity index (χ0) is 14.5. The van der Waals surface area contributed by atoms with E-state index < -0.39 is 12.0 Å². The molecule has 2 rings (SSSR count). The molecule has 1 heterocycles. The molecule has 0 aromatic heterocycles. The lowest BCUT2D eigenvalue weighted by Crippen LogP contribution is -2.53. The first kappa shape index (κ1) is 14.5. The molecular weight excluding hydrogens is 258 g/mol. The average Bonchev–Trinajstić information content (AvgIpc) is 2.46. The normalized spacial score (nSPS) is 18.7. The zero-order valence-electron chi connectivity index (χ0n) is 11.8. The second kappa shape index (κ2) is 6.52. The van der Waals surface area contributed by atoms with Crippen molar-refractivity contribution in [1.82, 2.24) is 4.90 Å². The minimum Gasteiger partial charge on any atom is -0.467 e. The third-order valence-corrected chi connectivity index (χ3v) is 3.36. The maximum Gasteiger partial charge on any atom is 0.331 e. The number of hydrogen-bond donors (Lipinski definition) is 0. The van der Waals surface area contributed by atoms with Crippen LogP contribution >= 0.6 is 0 Å². The molecule has 108 valence electrons. The van der Waals surface area contributed by atoms with Crippen molar-refractivity contribution < 1.29 is 19.1 Å². The van der Waals surface area contributed by atoms with Crippen LogP contribution in [-0.2, 0) is 25.5 Å². The van der Waals surface area contributed by atoms with Crippen molar-refractivity contribution in [2.45, 2.75) is 19.4 Å². The Morgan fingerprint density at radius 1 is 1.45 bits per heavy atom. The van der Waals surface area contributed by atoms with Crippen LogP contribution in [-0.4, -0.2) is 49.7 Å². The maximum absolute atomic E-state index is 12.4. The van der Waals surface area contributed by atoms with Crippen LogP contribution < -0.4 is 0 Å². The number of benzene rings is 1. The minimum absolute atomic E-state index is 0.0747. The van der Waals surface area contributed by atoms with E-state index in [1.807, 2.05) is 31.2 Å². The Morgan fingerprint density at radius 3 is 2.95 bits per heavy atom. The monoisotopic (exact) mass is 277 g/mol. The number of ether oxygens (including phenoxy) is 2. The van der Waals surface area contributed by atoms with Gasteiger partial charge < -0.3 is 14.4 Å². The largest absolute Gasteiger partial charge is 0.467 e. The van der Waals surface area contributed by atoms with Gasteiger partial charge in [-0.2, -0.15) is 0 Å². The summed E-state index contributed by atoms with van der Waals surface area (Å²) in [6.45, 7) is 3.06. The fourth-order valence-electron chi connectivity index (χ4n) is 2.33. The van der Waals surface area contributed by atoms with Gasteiger partial charge in [-0.3, -0.25) is 4.79 Å². The summed E-state index contributed by atoms with van der Waals surface area (Å²) in [7, 11) is 1.32. The predicted molar refractivity (Wildman–Crippen MR) is 73.2 cm³/mol. The van der Waals surface area contributed by atoms with E-state index in [9.17, 15) is 9.59 Å². The lowest BCUT2D eigenvalue weighted by atomic mass is 10.1. The van der Waals surface area contributed by atoms with Gasteiger partial charge in [0.2, 0.25) is 5.91 Å². The van der Waals surface area contributed by atoms with Gasteiger partial charge >= 0.3 is 5.97 Å². The number of carbonyl (C=O) groups is 2. The number of amides is 1. The van der Waals surface area contributed by atoms with Gasteiger partial charge in [0.15, 0.2) is 6.04 Å². The van der Waals surface area contributed by atoms with Gasteiger partial charge in [-0.1, -0.05) is 29.8 Å². The van der Waals surface area contributed by atoms with E-state index in [4.69, 9.17) is 9.47 Å². The quantitative estimate of drug-likeness (QED) is 0.772. The Bertz CT molecular complexity index is 500. The van der Waals surface area contributed by atoms with Gasteiger partial charge in [-0.15, -0.1) is 0 Å². The Balaban J connectivity index is 2.08. The first-order valence-electron chi connectivity index (χ1n) is 6.62. The SMILES string of the molecule is COC(=O)C1COCCN1C(=O)Cc1cccc(C)c1. The number of carbonyl (C=O) groups excluding carboxylic acids is 2. The number of methoxy groups -OCH3 is 1. The minimum atomic E-state index is -0.633. The predicted octanol–water partition coefficient (Wildman–Crippen LogP) is 0.938. The molecule has 1 fully saturated rings. The molecule has 1 aromatic rings. The number of hydrogen-bond acceptors (Lipinski definition) is 4. The lowest BCUT2D eigenvalue weighted by Gasteiger charge is -2.33. The number of nitrogens with zero attached hydrogens (tertiary/aromatic N) is 1. The summed E-state index contributed by atoms with van der Waals surface area (Å²) in [6, 6.07) is 7.17. The maximum atomic E-state index is 12.4. The summed E-state index contributed by atoms with van der Waals surface area (Å²) in [6.07, 6.45) is 0.287. The van der Waals surface area contributed by atoms with Crippen LogP contribution in [0.4, 0.5) is 0 Å². The second-order valence-corrected chi connectivity index (χ2v) is 4.87. The third kappa shape index (κ3) is 3.36. The van der Waals surface area contributed by atoms with Gasteiger partial charge in [0.25, 0.3) is 0 Å². The Morgan fingerprint density at radius 2 is 2.25 bits per heavy atom. The highest BCUT2D eigenvalue weighted by molar-refractivity contribution is 5.86. The van der Waals surface area contributed by atoms with E-state index in [1.54, 1.807) is 4.90 Å². The van der Waals surface area contributed by atoms with Crippen molar-refractivity contribution in [3.8, 4) is 0 Å². The smallest absolute Gasteiger partial charge is 0.331 e. The van der Waals surface area contributed by atoms with E-state index in [0.717, 1.165) is 11.1 Å². The van der Waals surface area contributed by atoms with Gasteiger partial charge in [-0.05, 0) is 12.5 Å². The molecule has 0 saturated carbocycles. The van der Waals surface area contributed by atoms with Crippen molar-refractivity contribution in [3.63, 3.8) is 0 Å². The van der Waals surface area contributed by atoms with Crippen LogP contribution in [0.3, 0.4) is 0 Å². The fourth-order valence-corrected chi connectivity index (χ4v) is 2.33. The van der Waals surface area contributed by atoms with Crippen LogP contribution in [0.25, 0.3) is 0 Å². The number of esters is 1. The fraction of sp³-hybridized carbons (Fsp3) is 0.467. The molecule has 0 aliphatic carbocycles. The third-order valence-electron chi connectivity index (χ3n) is 3.36. The van der Waals surface area contributed by atoms with Crippen molar-refractivity contribution in [3.05, 3.63) is 35.4 Å². The molecule has 1 saturated heterocycles. The Kier molecular flexibility index (Phi) is 4.74. The average molecular weight is 277 g/mol. The highest BCUT2D eigenvalue weighted by Crippen LogP contribution is 2.12. The lowest BCUT2D eigenvalue weighted by molar-refractivity contribution is -0.160. The van der Waals surface area contributed by atoms with Crippen molar-refractivity contribution in [2.24, 2.45) is 0 Å². The van der Waals surface area contributed by atoms with Crippen LogP contribution in [0.5, 0.6) is 0 Å². The topological polar surface area (TPSA) is 55.8 Å². The summed E-state index contributed by atoms with van der Waals surface area (Å²) in [5.74, 6) is -0.503. The molecular formula is C15H19NO4. The van der Waals surface area contributed by atoms with Gasteiger partial charge in [0.05, 0.1) is 26.7 Å².